The lowest BCUT2D eigenvalue weighted by Gasteiger charge is -2.32. The first-order valence-electron chi connectivity index (χ1n) is 8.15. The van der Waals surface area contributed by atoms with Crippen LogP contribution in [0.1, 0.15) is 57.8 Å². The van der Waals surface area contributed by atoms with E-state index in [9.17, 15) is 4.79 Å². The zero-order valence-corrected chi connectivity index (χ0v) is 12.4. The van der Waals surface area contributed by atoms with E-state index in [0.717, 1.165) is 44.2 Å². The van der Waals surface area contributed by atoms with Gasteiger partial charge in [-0.15, -0.1) is 0 Å². The monoisotopic (exact) mass is 266 g/mol. The maximum atomic E-state index is 12.4. The van der Waals surface area contributed by atoms with E-state index in [-0.39, 0.29) is 0 Å². The molecule has 0 radical (unpaired) electrons. The van der Waals surface area contributed by atoms with Crippen LogP contribution < -0.4 is 5.73 Å². The molecule has 0 unspecified atom stereocenters. The van der Waals surface area contributed by atoms with Crippen LogP contribution in [0.4, 0.5) is 0 Å². The second-order valence-corrected chi connectivity index (χ2v) is 6.64. The van der Waals surface area contributed by atoms with Crippen LogP contribution in [-0.4, -0.2) is 30.9 Å². The number of nitrogens with two attached hydrogens (primary N) is 1. The summed E-state index contributed by atoms with van der Waals surface area (Å²) in [5.41, 5.74) is 5.61. The SMILES string of the molecule is CN(CCC1CCC1)C(=O)C1CCC(CCN)CC1. The first kappa shape index (κ1) is 14.8. The molecule has 1 amide bonds. The third-order valence-corrected chi connectivity index (χ3v) is 5.24. The molecule has 2 rings (SSSR count). The summed E-state index contributed by atoms with van der Waals surface area (Å²) >= 11 is 0. The van der Waals surface area contributed by atoms with Gasteiger partial charge in [-0.3, -0.25) is 4.79 Å². The van der Waals surface area contributed by atoms with E-state index in [0.29, 0.717) is 11.8 Å². The molecule has 0 aromatic carbocycles. The van der Waals surface area contributed by atoms with E-state index in [2.05, 4.69) is 0 Å². The first-order chi connectivity index (χ1) is 9.20. The third-order valence-electron chi connectivity index (χ3n) is 5.24. The molecular weight excluding hydrogens is 236 g/mol. The smallest absolute Gasteiger partial charge is 0.225 e. The highest BCUT2D eigenvalue weighted by Gasteiger charge is 2.28. The van der Waals surface area contributed by atoms with Crippen molar-refractivity contribution in [1.82, 2.24) is 4.90 Å². The van der Waals surface area contributed by atoms with Crippen LogP contribution >= 0.6 is 0 Å². The Bertz CT molecular complexity index is 280. The van der Waals surface area contributed by atoms with Crippen LogP contribution in [0, 0.1) is 17.8 Å². The van der Waals surface area contributed by atoms with Crippen LogP contribution in [0.15, 0.2) is 0 Å². The standard InChI is InChI=1S/C16H30N2O/c1-18(12-10-13-3-2-4-13)16(19)15-7-5-14(6-8-15)9-11-17/h13-15H,2-12,17H2,1H3. The van der Waals surface area contributed by atoms with Gasteiger partial charge in [0.25, 0.3) is 0 Å². The van der Waals surface area contributed by atoms with Gasteiger partial charge in [-0.2, -0.15) is 0 Å². The fourth-order valence-corrected chi connectivity index (χ4v) is 3.51. The normalized spacial score (nSPS) is 27.9. The molecule has 2 fully saturated rings. The minimum absolute atomic E-state index is 0.292. The second kappa shape index (κ2) is 7.28. The van der Waals surface area contributed by atoms with E-state index in [1.165, 1.54) is 38.5 Å². The van der Waals surface area contributed by atoms with Crippen LogP contribution in [0.5, 0.6) is 0 Å². The Morgan fingerprint density at radius 3 is 2.21 bits per heavy atom. The van der Waals surface area contributed by atoms with Crippen molar-refractivity contribution < 1.29 is 4.79 Å². The van der Waals surface area contributed by atoms with Crippen molar-refractivity contribution in [2.24, 2.45) is 23.5 Å². The molecule has 0 saturated heterocycles. The maximum absolute atomic E-state index is 12.4. The summed E-state index contributed by atoms with van der Waals surface area (Å²) in [6, 6.07) is 0. The molecule has 0 aliphatic heterocycles. The lowest BCUT2D eigenvalue weighted by Crippen LogP contribution is -2.36. The van der Waals surface area contributed by atoms with Crippen molar-refractivity contribution in [3.8, 4) is 0 Å². The molecule has 2 N–H and O–H groups in total. The predicted octanol–water partition coefficient (Wildman–Crippen LogP) is 2.79. The van der Waals surface area contributed by atoms with E-state index in [1.54, 1.807) is 0 Å². The minimum Gasteiger partial charge on any atom is -0.346 e. The number of carbonyl (C=O) groups is 1. The molecule has 0 spiro atoms. The van der Waals surface area contributed by atoms with Crippen molar-refractivity contribution in [3.05, 3.63) is 0 Å². The molecule has 2 saturated carbocycles. The molecule has 2 aliphatic rings. The van der Waals surface area contributed by atoms with Gasteiger partial charge in [0.05, 0.1) is 0 Å². The summed E-state index contributed by atoms with van der Waals surface area (Å²) in [6.07, 6.45) is 11.1. The van der Waals surface area contributed by atoms with Gasteiger partial charge in [0.15, 0.2) is 0 Å². The third kappa shape index (κ3) is 4.20. The lowest BCUT2D eigenvalue weighted by atomic mass is 9.79. The van der Waals surface area contributed by atoms with Crippen LogP contribution in [0.2, 0.25) is 0 Å². The molecule has 2 aliphatic carbocycles. The molecule has 0 bridgehead atoms. The highest BCUT2D eigenvalue weighted by atomic mass is 16.2. The quantitative estimate of drug-likeness (QED) is 0.803. The van der Waals surface area contributed by atoms with Gasteiger partial charge in [0.2, 0.25) is 5.91 Å². The number of rotatable bonds is 6. The van der Waals surface area contributed by atoms with Gasteiger partial charge in [-0.1, -0.05) is 19.3 Å². The van der Waals surface area contributed by atoms with Gasteiger partial charge in [0.1, 0.15) is 0 Å². The van der Waals surface area contributed by atoms with Gasteiger partial charge in [-0.05, 0) is 56.9 Å². The molecule has 3 heteroatoms. The van der Waals surface area contributed by atoms with Crippen molar-refractivity contribution >= 4 is 5.91 Å². The van der Waals surface area contributed by atoms with E-state index in [1.807, 2.05) is 11.9 Å². The molecule has 0 aromatic rings. The van der Waals surface area contributed by atoms with Crippen molar-refractivity contribution in [1.29, 1.82) is 0 Å². The molecule has 0 atom stereocenters. The molecule has 3 nitrogen and oxygen atoms in total. The van der Waals surface area contributed by atoms with Gasteiger partial charge in [-0.25, -0.2) is 0 Å². The summed E-state index contributed by atoms with van der Waals surface area (Å²) < 4.78 is 0. The summed E-state index contributed by atoms with van der Waals surface area (Å²) in [4.78, 5) is 14.4. The Balaban J connectivity index is 1.67. The van der Waals surface area contributed by atoms with E-state index < -0.39 is 0 Å². The molecule has 110 valence electrons. The number of carbonyl (C=O) groups excluding carboxylic acids is 1. The Morgan fingerprint density at radius 1 is 1.05 bits per heavy atom. The van der Waals surface area contributed by atoms with Crippen molar-refractivity contribution in [3.63, 3.8) is 0 Å². The van der Waals surface area contributed by atoms with Gasteiger partial charge < -0.3 is 10.6 Å². The topological polar surface area (TPSA) is 46.3 Å². The fourth-order valence-electron chi connectivity index (χ4n) is 3.51. The number of nitrogens with zero attached hydrogens (tertiary/aromatic N) is 1. The van der Waals surface area contributed by atoms with Crippen LogP contribution in [0.25, 0.3) is 0 Å². The zero-order chi connectivity index (χ0) is 13.7. The average molecular weight is 266 g/mol. The predicted molar refractivity (Wildman–Crippen MR) is 78.7 cm³/mol. The summed E-state index contributed by atoms with van der Waals surface area (Å²) in [5.74, 6) is 2.36. The van der Waals surface area contributed by atoms with Crippen LogP contribution in [0.3, 0.4) is 0 Å². The van der Waals surface area contributed by atoms with Crippen molar-refractivity contribution in [2.75, 3.05) is 20.1 Å². The minimum atomic E-state index is 0.292. The molecular formula is C16H30N2O. The maximum Gasteiger partial charge on any atom is 0.225 e. The average Bonchev–Trinajstić information content (AvgIpc) is 2.37. The highest BCUT2D eigenvalue weighted by molar-refractivity contribution is 5.78. The second-order valence-electron chi connectivity index (χ2n) is 6.64. The highest BCUT2D eigenvalue weighted by Crippen LogP contribution is 2.32. The Kier molecular flexibility index (Phi) is 5.68. The Labute approximate surface area is 117 Å². The number of amides is 1. The summed E-state index contributed by atoms with van der Waals surface area (Å²) in [6.45, 7) is 1.76. The first-order valence-corrected chi connectivity index (χ1v) is 8.15. The summed E-state index contributed by atoms with van der Waals surface area (Å²) in [5, 5.41) is 0. The van der Waals surface area contributed by atoms with Gasteiger partial charge >= 0.3 is 0 Å². The summed E-state index contributed by atoms with van der Waals surface area (Å²) in [7, 11) is 1.99. The van der Waals surface area contributed by atoms with E-state index >= 15 is 0 Å². The largest absolute Gasteiger partial charge is 0.346 e. The molecule has 19 heavy (non-hydrogen) atoms. The lowest BCUT2D eigenvalue weighted by molar-refractivity contribution is -0.135. The molecule has 0 heterocycles. The Morgan fingerprint density at radius 2 is 1.68 bits per heavy atom. The number of hydrogen-bond acceptors (Lipinski definition) is 2. The van der Waals surface area contributed by atoms with Crippen molar-refractivity contribution in [2.45, 2.75) is 57.8 Å². The zero-order valence-electron chi connectivity index (χ0n) is 12.4. The van der Waals surface area contributed by atoms with E-state index in [4.69, 9.17) is 5.73 Å². The molecule has 0 aromatic heterocycles. The fraction of sp³-hybridized carbons (Fsp3) is 0.938. The van der Waals surface area contributed by atoms with Crippen LogP contribution in [-0.2, 0) is 4.79 Å². The van der Waals surface area contributed by atoms with Gasteiger partial charge in [0, 0.05) is 19.5 Å². The Hall–Kier alpha value is -0.570. The number of hydrogen-bond donors (Lipinski definition) is 1.